The smallest absolute Gasteiger partial charge is 0.326 e. The average molecular weight is 440 g/mol. The fraction of sp³-hybridized carbons (Fsp3) is 0.529. The summed E-state index contributed by atoms with van der Waals surface area (Å²) in [6, 6.07) is -3.59. The number of carbonyl (C=O) groups is 4. The van der Waals surface area contributed by atoms with Crippen LogP contribution in [0, 0.1) is 0 Å². The van der Waals surface area contributed by atoms with E-state index >= 15 is 0 Å². The van der Waals surface area contributed by atoms with Crippen LogP contribution < -0.4 is 27.8 Å². The van der Waals surface area contributed by atoms with Crippen LogP contribution in [0.5, 0.6) is 0 Å². The molecule has 0 aromatic carbocycles. The molecule has 0 radical (unpaired) electrons. The lowest BCUT2D eigenvalue weighted by Gasteiger charge is -2.22. The second-order valence-corrected chi connectivity index (χ2v) is 6.73. The molecule has 0 aliphatic carbocycles. The summed E-state index contributed by atoms with van der Waals surface area (Å²) in [5.74, 6) is -4.10. The summed E-state index contributed by atoms with van der Waals surface area (Å²) < 4.78 is 0. The number of imidazole rings is 1. The zero-order chi connectivity index (χ0) is 23.4. The van der Waals surface area contributed by atoms with Gasteiger partial charge in [0.1, 0.15) is 12.1 Å². The Labute approximate surface area is 177 Å². The van der Waals surface area contributed by atoms with E-state index < -0.39 is 48.3 Å². The monoisotopic (exact) mass is 440 g/mol. The van der Waals surface area contributed by atoms with E-state index in [-0.39, 0.29) is 31.8 Å². The van der Waals surface area contributed by atoms with Gasteiger partial charge in [-0.3, -0.25) is 19.4 Å². The molecule has 172 valence electrons. The highest BCUT2D eigenvalue weighted by atomic mass is 16.4. The first-order valence-corrected chi connectivity index (χ1v) is 9.43. The number of rotatable bonds is 14. The second-order valence-electron chi connectivity index (χ2n) is 6.73. The number of carboxylic acids is 2. The van der Waals surface area contributed by atoms with Gasteiger partial charge in [-0.1, -0.05) is 0 Å². The van der Waals surface area contributed by atoms with Crippen LogP contribution in [0.3, 0.4) is 0 Å². The van der Waals surface area contributed by atoms with E-state index in [4.69, 9.17) is 22.3 Å². The fourth-order valence-corrected chi connectivity index (χ4v) is 2.55. The molecule has 14 heteroatoms. The number of amides is 2. The number of aromatic amines is 1. The van der Waals surface area contributed by atoms with Gasteiger partial charge in [0.25, 0.3) is 0 Å². The van der Waals surface area contributed by atoms with Crippen molar-refractivity contribution in [3.63, 3.8) is 0 Å². The molecule has 0 saturated heterocycles. The van der Waals surface area contributed by atoms with Gasteiger partial charge in [0.2, 0.25) is 11.8 Å². The second kappa shape index (κ2) is 12.8. The van der Waals surface area contributed by atoms with E-state index in [9.17, 15) is 24.3 Å². The Morgan fingerprint density at radius 3 is 2.32 bits per heavy atom. The third kappa shape index (κ3) is 10.1. The fourth-order valence-electron chi connectivity index (χ4n) is 2.55. The maximum absolute atomic E-state index is 12.6. The highest BCUT2D eigenvalue weighted by Gasteiger charge is 2.28. The summed E-state index contributed by atoms with van der Waals surface area (Å²) in [5, 5.41) is 23.0. The molecule has 1 heterocycles. The molecule has 0 aliphatic heterocycles. The molecular formula is C17H28N8O6. The van der Waals surface area contributed by atoms with Crippen LogP contribution in [-0.4, -0.2) is 74.6 Å². The number of nitrogens with zero attached hydrogens (tertiary/aromatic N) is 2. The molecule has 1 rings (SSSR count). The minimum absolute atomic E-state index is 0.0784. The number of hydrogen-bond donors (Lipinski definition) is 8. The SMILES string of the molecule is NC(N)=NCCC[C@H](N)C(=O)N[C@@H](CCC(=O)O)C(=O)N[C@@H](Cc1cnc[nH]1)C(=O)O. The lowest BCUT2D eigenvalue weighted by Crippen LogP contribution is -2.55. The van der Waals surface area contributed by atoms with E-state index in [1.54, 1.807) is 0 Å². The first kappa shape index (κ1) is 25.4. The van der Waals surface area contributed by atoms with Gasteiger partial charge < -0.3 is 43.0 Å². The van der Waals surface area contributed by atoms with Gasteiger partial charge in [-0.15, -0.1) is 0 Å². The van der Waals surface area contributed by atoms with E-state index in [1.807, 2.05) is 0 Å². The van der Waals surface area contributed by atoms with Gasteiger partial charge in [0, 0.05) is 31.3 Å². The van der Waals surface area contributed by atoms with Crippen molar-refractivity contribution in [2.75, 3.05) is 6.54 Å². The molecular weight excluding hydrogens is 412 g/mol. The molecule has 3 atom stereocenters. The molecule has 0 spiro atoms. The highest BCUT2D eigenvalue weighted by Crippen LogP contribution is 2.04. The van der Waals surface area contributed by atoms with Gasteiger partial charge in [-0.25, -0.2) is 9.78 Å². The number of nitrogens with two attached hydrogens (primary N) is 3. The predicted molar refractivity (Wildman–Crippen MR) is 109 cm³/mol. The Bertz CT molecular complexity index is 778. The van der Waals surface area contributed by atoms with Crippen molar-refractivity contribution < 1.29 is 29.4 Å². The summed E-state index contributed by atoms with van der Waals surface area (Å²) in [7, 11) is 0. The predicted octanol–water partition coefficient (Wildman–Crippen LogP) is -2.75. The van der Waals surface area contributed by atoms with E-state index in [0.717, 1.165) is 0 Å². The van der Waals surface area contributed by atoms with Gasteiger partial charge in [-0.2, -0.15) is 0 Å². The Balaban J connectivity index is 2.75. The Kier molecular flexibility index (Phi) is 10.5. The van der Waals surface area contributed by atoms with Gasteiger partial charge in [0.05, 0.1) is 12.4 Å². The maximum atomic E-state index is 12.6. The molecule has 0 fully saturated rings. The number of aromatic nitrogens is 2. The van der Waals surface area contributed by atoms with Crippen molar-refractivity contribution in [3.8, 4) is 0 Å². The molecule has 14 nitrogen and oxygen atoms in total. The number of H-pyrrole nitrogens is 1. The van der Waals surface area contributed by atoms with Gasteiger partial charge in [-0.05, 0) is 19.3 Å². The molecule has 0 unspecified atom stereocenters. The molecule has 0 bridgehead atoms. The standard InChI is InChI=1S/C17H28N8O6/c18-10(2-1-5-22-17(19)20)14(28)24-11(3-4-13(26)27)15(29)25-12(16(30)31)6-9-7-21-8-23-9/h7-8,10-12H,1-6,18H2,(H,21,23)(H,24,28)(H,25,29)(H,26,27)(H,30,31)(H4,19,20,22)/t10-,11-,12-/m0/s1. The van der Waals surface area contributed by atoms with Gasteiger partial charge in [0.15, 0.2) is 5.96 Å². The summed E-state index contributed by atoms with van der Waals surface area (Å²) in [6.07, 6.45) is 2.65. The number of hydrogen-bond acceptors (Lipinski definition) is 7. The Morgan fingerprint density at radius 2 is 1.77 bits per heavy atom. The zero-order valence-electron chi connectivity index (χ0n) is 16.8. The van der Waals surface area contributed by atoms with Crippen molar-refractivity contribution in [1.29, 1.82) is 0 Å². The number of aliphatic imine (C=N–C) groups is 1. The number of carboxylic acid groups (broad SMARTS) is 2. The molecule has 31 heavy (non-hydrogen) atoms. The van der Waals surface area contributed by atoms with E-state index in [2.05, 4.69) is 25.6 Å². The summed E-state index contributed by atoms with van der Waals surface area (Å²) in [4.78, 5) is 57.6. The lowest BCUT2D eigenvalue weighted by molar-refractivity contribution is -0.143. The largest absolute Gasteiger partial charge is 0.481 e. The normalized spacial score (nSPS) is 13.5. The number of guanidine groups is 1. The topological polar surface area (TPSA) is 252 Å². The van der Waals surface area contributed by atoms with Crippen LogP contribution in [0.4, 0.5) is 0 Å². The zero-order valence-corrected chi connectivity index (χ0v) is 16.8. The molecule has 1 aromatic rings. The quantitative estimate of drug-likeness (QED) is 0.0840. The summed E-state index contributed by atoms with van der Waals surface area (Å²) in [5.41, 5.74) is 16.7. The lowest BCUT2D eigenvalue weighted by atomic mass is 10.1. The molecule has 0 aliphatic rings. The first-order chi connectivity index (χ1) is 14.6. The van der Waals surface area contributed by atoms with Crippen molar-refractivity contribution in [2.45, 2.75) is 50.2 Å². The maximum Gasteiger partial charge on any atom is 0.326 e. The van der Waals surface area contributed by atoms with Crippen LogP contribution in [0.2, 0.25) is 0 Å². The summed E-state index contributed by atoms with van der Waals surface area (Å²) >= 11 is 0. The average Bonchev–Trinajstić information content (AvgIpc) is 3.20. The Hall–Kier alpha value is -3.68. The van der Waals surface area contributed by atoms with Crippen molar-refractivity contribution in [1.82, 2.24) is 20.6 Å². The third-order valence-corrected chi connectivity index (χ3v) is 4.18. The van der Waals surface area contributed by atoms with Crippen LogP contribution in [-0.2, 0) is 25.6 Å². The third-order valence-electron chi connectivity index (χ3n) is 4.18. The van der Waals surface area contributed by atoms with E-state index in [0.29, 0.717) is 12.1 Å². The molecule has 11 N–H and O–H groups in total. The highest BCUT2D eigenvalue weighted by molar-refractivity contribution is 5.92. The minimum atomic E-state index is -1.31. The molecule has 0 saturated carbocycles. The van der Waals surface area contributed by atoms with Crippen LogP contribution >= 0.6 is 0 Å². The van der Waals surface area contributed by atoms with Crippen LogP contribution in [0.1, 0.15) is 31.4 Å². The molecule has 1 aromatic heterocycles. The molecule has 2 amide bonds. The van der Waals surface area contributed by atoms with Crippen molar-refractivity contribution in [2.24, 2.45) is 22.2 Å². The van der Waals surface area contributed by atoms with Crippen LogP contribution in [0.25, 0.3) is 0 Å². The number of aliphatic carboxylic acids is 2. The first-order valence-electron chi connectivity index (χ1n) is 9.43. The summed E-state index contributed by atoms with van der Waals surface area (Å²) in [6.45, 7) is 0.264. The number of nitrogens with one attached hydrogen (secondary N) is 3. The number of carbonyl (C=O) groups excluding carboxylic acids is 2. The minimum Gasteiger partial charge on any atom is -0.481 e. The van der Waals surface area contributed by atoms with Crippen LogP contribution in [0.15, 0.2) is 17.5 Å². The van der Waals surface area contributed by atoms with Crippen molar-refractivity contribution in [3.05, 3.63) is 18.2 Å². The van der Waals surface area contributed by atoms with Crippen molar-refractivity contribution >= 4 is 29.7 Å². The van der Waals surface area contributed by atoms with E-state index in [1.165, 1.54) is 12.5 Å². The Morgan fingerprint density at radius 1 is 1.10 bits per heavy atom. The van der Waals surface area contributed by atoms with Gasteiger partial charge >= 0.3 is 11.9 Å².